The van der Waals surface area contributed by atoms with Crippen LogP contribution in [-0.2, 0) is 6.42 Å². The van der Waals surface area contributed by atoms with Crippen LogP contribution < -0.4 is 0 Å². The fourth-order valence-electron chi connectivity index (χ4n) is 3.48. The normalized spacial score (nSPS) is 10.9. The van der Waals surface area contributed by atoms with Crippen LogP contribution in [0, 0.1) is 6.92 Å². The lowest BCUT2D eigenvalue weighted by atomic mass is 9.97. The number of hydrogen-bond acceptors (Lipinski definition) is 2. The SMILES string of the molecule is Cc1ccccc1C(=O)c1ccc(CCCCCCCCCCCS)cc1. The standard InChI is InChI=1S/C25H34OS/c1-21-13-10-11-15-24(21)25(26)23-18-16-22(17-19-23)14-9-7-5-3-2-4-6-8-12-20-27/h10-11,13,15-19,27H,2-9,12,14,20H2,1H3. The van der Waals surface area contributed by atoms with E-state index in [0.717, 1.165) is 28.9 Å². The number of hydrogen-bond donors (Lipinski definition) is 1. The molecule has 2 rings (SSSR count). The molecule has 0 bridgehead atoms. The van der Waals surface area contributed by atoms with Crippen molar-refractivity contribution < 1.29 is 4.79 Å². The first kappa shape index (κ1) is 21.8. The molecule has 146 valence electrons. The van der Waals surface area contributed by atoms with E-state index in [2.05, 4.69) is 24.8 Å². The zero-order valence-corrected chi connectivity index (χ0v) is 17.6. The molecule has 0 spiro atoms. The Kier molecular flexibility index (Phi) is 10.3. The summed E-state index contributed by atoms with van der Waals surface area (Å²) in [5, 5.41) is 0. The Morgan fingerprint density at radius 1 is 0.741 bits per heavy atom. The van der Waals surface area contributed by atoms with Gasteiger partial charge in [0.1, 0.15) is 0 Å². The van der Waals surface area contributed by atoms with Gasteiger partial charge < -0.3 is 0 Å². The van der Waals surface area contributed by atoms with E-state index in [0.29, 0.717) is 0 Å². The minimum atomic E-state index is 0.119. The summed E-state index contributed by atoms with van der Waals surface area (Å²) in [5.41, 5.74) is 3.96. The molecule has 27 heavy (non-hydrogen) atoms. The molecule has 0 N–H and O–H groups in total. The van der Waals surface area contributed by atoms with E-state index in [4.69, 9.17) is 0 Å². The van der Waals surface area contributed by atoms with Crippen molar-refractivity contribution in [3.05, 3.63) is 70.8 Å². The fraction of sp³-hybridized carbons (Fsp3) is 0.480. The molecule has 0 amide bonds. The minimum Gasteiger partial charge on any atom is -0.289 e. The summed E-state index contributed by atoms with van der Waals surface area (Å²) < 4.78 is 0. The number of unbranched alkanes of at least 4 members (excludes halogenated alkanes) is 8. The quantitative estimate of drug-likeness (QED) is 0.220. The summed E-state index contributed by atoms with van der Waals surface area (Å²) in [6.07, 6.45) is 13.1. The highest BCUT2D eigenvalue weighted by atomic mass is 32.1. The van der Waals surface area contributed by atoms with Gasteiger partial charge in [0.25, 0.3) is 0 Å². The molecule has 0 saturated heterocycles. The maximum absolute atomic E-state index is 12.6. The first-order chi connectivity index (χ1) is 13.2. The van der Waals surface area contributed by atoms with Gasteiger partial charge in [0, 0.05) is 11.1 Å². The lowest BCUT2D eigenvalue weighted by molar-refractivity contribution is 0.103. The van der Waals surface area contributed by atoms with Gasteiger partial charge in [0.05, 0.1) is 0 Å². The summed E-state index contributed by atoms with van der Waals surface area (Å²) in [4.78, 5) is 12.6. The molecule has 0 heterocycles. The molecule has 2 aromatic carbocycles. The Morgan fingerprint density at radius 3 is 1.89 bits per heavy atom. The average molecular weight is 383 g/mol. The van der Waals surface area contributed by atoms with E-state index >= 15 is 0 Å². The third kappa shape index (κ3) is 7.92. The molecule has 2 heteroatoms. The van der Waals surface area contributed by atoms with E-state index in [1.54, 1.807) is 0 Å². The van der Waals surface area contributed by atoms with Gasteiger partial charge in [-0.3, -0.25) is 4.79 Å². The van der Waals surface area contributed by atoms with Gasteiger partial charge in [0.2, 0.25) is 0 Å². The maximum Gasteiger partial charge on any atom is 0.193 e. The lowest BCUT2D eigenvalue weighted by Crippen LogP contribution is -2.03. The highest BCUT2D eigenvalue weighted by molar-refractivity contribution is 7.80. The fourth-order valence-corrected chi connectivity index (χ4v) is 3.71. The smallest absolute Gasteiger partial charge is 0.193 e. The summed E-state index contributed by atoms with van der Waals surface area (Å²) >= 11 is 4.25. The molecule has 2 aromatic rings. The van der Waals surface area contributed by atoms with Crippen molar-refractivity contribution in [3.8, 4) is 0 Å². The van der Waals surface area contributed by atoms with Crippen molar-refractivity contribution in [2.24, 2.45) is 0 Å². The topological polar surface area (TPSA) is 17.1 Å². The predicted octanol–water partition coefficient (Wildman–Crippen LogP) is 7.21. The van der Waals surface area contributed by atoms with E-state index in [9.17, 15) is 4.79 Å². The van der Waals surface area contributed by atoms with Crippen LogP contribution in [0.15, 0.2) is 48.5 Å². The van der Waals surface area contributed by atoms with Crippen LogP contribution in [0.1, 0.15) is 84.8 Å². The Labute approximate surface area is 171 Å². The van der Waals surface area contributed by atoms with E-state index < -0.39 is 0 Å². The molecule has 0 aromatic heterocycles. The summed E-state index contributed by atoms with van der Waals surface area (Å²) in [7, 11) is 0. The molecule has 0 radical (unpaired) electrons. The number of carbonyl (C=O) groups is 1. The van der Waals surface area contributed by atoms with Crippen molar-refractivity contribution in [2.75, 3.05) is 5.75 Å². The predicted molar refractivity (Wildman–Crippen MR) is 120 cm³/mol. The summed E-state index contributed by atoms with van der Waals surface area (Å²) in [6.45, 7) is 1.99. The Bertz CT molecular complexity index is 675. The second kappa shape index (κ2) is 12.8. The highest BCUT2D eigenvalue weighted by Gasteiger charge is 2.10. The minimum absolute atomic E-state index is 0.119. The molecule has 0 aliphatic rings. The van der Waals surface area contributed by atoms with E-state index in [1.165, 1.54) is 63.4 Å². The van der Waals surface area contributed by atoms with Crippen molar-refractivity contribution in [2.45, 2.75) is 71.1 Å². The van der Waals surface area contributed by atoms with Crippen molar-refractivity contribution in [1.29, 1.82) is 0 Å². The van der Waals surface area contributed by atoms with Crippen molar-refractivity contribution >= 4 is 18.4 Å². The van der Waals surface area contributed by atoms with Crippen molar-refractivity contribution in [3.63, 3.8) is 0 Å². The molecule has 0 aliphatic heterocycles. The summed E-state index contributed by atoms with van der Waals surface area (Å²) in [5.74, 6) is 1.15. The lowest BCUT2D eigenvalue weighted by Gasteiger charge is -2.06. The van der Waals surface area contributed by atoms with Gasteiger partial charge in [-0.2, -0.15) is 12.6 Å². The molecular weight excluding hydrogens is 348 g/mol. The van der Waals surface area contributed by atoms with Crippen LogP contribution in [-0.4, -0.2) is 11.5 Å². The third-order valence-electron chi connectivity index (χ3n) is 5.23. The molecular formula is C25H34OS. The Hall–Kier alpha value is -1.54. The first-order valence-corrected chi connectivity index (χ1v) is 11.2. The Balaban J connectivity index is 1.65. The van der Waals surface area contributed by atoms with Crippen LogP contribution in [0.25, 0.3) is 0 Å². The van der Waals surface area contributed by atoms with Gasteiger partial charge in [-0.15, -0.1) is 0 Å². The molecule has 0 saturated carbocycles. The zero-order valence-electron chi connectivity index (χ0n) is 16.8. The third-order valence-corrected chi connectivity index (χ3v) is 5.55. The van der Waals surface area contributed by atoms with E-state index in [-0.39, 0.29) is 5.78 Å². The molecule has 0 fully saturated rings. The van der Waals surface area contributed by atoms with Crippen LogP contribution in [0.2, 0.25) is 0 Å². The second-order valence-corrected chi connectivity index (χ2v) is 7.94. The first-order valence-electron chi connectivity index (χ1n) is 10.5. The molecule has 1 nitrogen and oxygen atoms in total. The van der Waals surface area contributed by atoms with Crippen LogP contribution in [0.4, 0.5) is 0 Å². The van der Waals surface area contributed by atoms with Gasteiger partial charge in [0.15, 0.2) is 5.78 Å². The van der Waals surface area contributed by atoms with Gasteiger partial charge in [-0.25, -0.2) is 0 Å². The molecule has 0 aliphatic carbocycles. The Morgan fingerprint density at radius 2 is 1.30 bits per heavy atom. The monoisotopic (exact) mass is 382 g/mol. The van der Waals surface area contributed by atoms with Crippen LogP contribution in [0.3, 0.4) is 0 Å². The number of ketones is 1. The zero-order chi connectivity index (χ0) is 19.3. The number of benzene rings is 2. The maximum atomic E-state index is 12.6. The highest BCUT2D eigenvalue weighted by Crippen LogP contribution is 2.16. The number of carbonyl (C=O) groups excluding carboxylic acids is 1. The second-order valence-electron chi connectivity index (χ2n) is 7.50. The van der Waals surface area contributed by atoms with Gasteiger partial charge in [-0.05, 0) is 43.1 Å². The molecule has 0 unspecified atom stereocenters. The largest absolute Gasteiger partial charge is 0.289 e. The van der Waals surface area contributed by atoms with E-state index in [1.807, 2.05) is 43.3 Å². The molecule has 0 atom stereocenters. The number of rotatable bonds is 13. The average Bonchev–Trinajstić information content (AvgIpc) is 2.70. The number of aryl methyl sites for hydroxylation is 2. The van der Waals surface area contributed by atoms with Crippen molar-refractivity contribution in [1.82, 2.24) is 0 Å². The van der Waals surface area contributed by atoms with Crippen LogP contribution in [0.5, 0.6) is 0 Å². The van der Waals surface area contributed by atoms with Crippen LogP contribution >= 0.6 is 12.6 Å². The van der Waals surface area contributed by atoms with Gasteiger partial charge >= 0.3 is 0 Å². The van der Waals surface area contributed by atoms with Gasteiger partial charge in [-0.1, -0.05) is 93.5 Å². The number of thiol groups is 1. The summed E-state index contributed by atoms with van der Waals surface area (Å²) in [6, 6.07) is 16.0.